The van der Waals surface area contributed by atoms with Gasteiger partial charge in [0.1, 0.15) is 12.4 Å². The van der Waals surface area contributed by atoms with Gasteiger partial charge in [0.05, 0.1) is 17.2 Å². The summed E-state index contributed by atoms with van der Waals surface area (Å²) in [5, 5.41) is 12.7. The summed E-state index contributed by atoms with van der Waals surface area (Å²) in [6.07, 6.45) is 3.21. The summed E-state index contributed by atoms with van der Waals surface area (Å²) >= 11 is 6.74. The number of carbonyl (C=O) groups excluding carboxylic acids is 1. The standard InChI is InChI=1S/C19H21N5O2S2/c1-3-24-17(22-23-19(24)27)10-20-18(25)9-8-14-6-4-5-7-16(14)26-11-15-12-28-13(2)21-15/h4-9,12H,3,10-11H2,1-2H3,(H,20,25)(H,23,27)/b9-8+. The van der Waals surface area contributed by atoms with Crippen LogP contribution in [0.3, 0.4) is 0 Å². The van der Waals surface area contributed by atoms with Crippen molar-refractivity contribution in [3.63, 3.8) is 0 Å². The van der Waals surface area contributed by atoms with Gasteiger partial charge < -0.3 is 14.6 Å². The van der Waals surface area contributed by atoms with Gasteiger partial charge in [-0.05, 0) is 38.2 Å². The van der Waals surface area contributed by atoms with Crippen molar-refractivity contribution >= 4 is 35.5 Å². The van der Waals surface area contributed by atoms with Gasteiger partial charge in [-0.25, -0.2) is 4.98 Å². The van der Waals surface area contributed by atoms with Crippen molar-refractivity contribution in [2.24, 2.45) is 0 Å². The first-order chi connectivity index (χ1) is 13.6. The maximum Gasteiger partial charge on any atom is 0.244 e. The largest absolute Gasteiger partial charge is 0.487 e. The van der Waals surface area contributed by atoms with Crippen LogP contribution >= 0.6 is 23.6 Å². The lowest BCUT2D eigenvalue weighted by atomic mass is 10.2. The van der Waals surface area contributed by atoms with Gasteiger partial charge in [-0.3, -0.25) is 9.89 Å². The molecule has 1 aromatic carbocycles. The van der Waals surface area contributed by atoms with Crippen LogP contribution < -0.4 is 10.1 Å². The number of benzene rings is 1. The average molecular weight is 416 g/mol. The molecule has 2 heterocycles. The zero-order valence-corrected chi connectivity index (χ0v) is 17.3. The smallest absolute Gasteiger partial charge is 0.244 e. The Morgan fingerprint density at radius 2 is 2.25 bits per heavy atom. The molecule has 146 valence electrons. The van der Waals surface area contributed by atoms with Crippen LogP contribution in [0.1, 0.15) is 29.0 Å². The lowest BCUT2D eigenvalue weighted by Gasteiger charge is -2.08. The number of ether oxygens (including phenoxy) is 1. The number of aromatic nitrogens is 4. The van der Waals surface area contributed by atoms with Gasteiger partial charge in [-0.15, -0.1) is 11.3 Å². The highest BCUT2D eigenvalue weighted by molar-refractivity contribution is 7.71. The lowest BCUT2D eigenvalue weighted by molar-refractivity contribution is -0.116. The molecule has 1 amide bonds. The molecule has 0 unspecified atom stereocenters. The molecular weight excluding hydrogens is 394 g/mol. The first kappa shape index (κ1) is 20.0. The first-order valence-electron chi connectivity index (χ1n) is 8.79. The molecular formula is C19H21N5O2S2. The van der Waals surface area contributed by atoms with Gasteiger partial charge in [-0.1, -0.05) is 18.2 Å². The summed E-state index contributed by atoms with van der Waals surface area (Å²) in [5.41, 5.74) is 1.71. The molecule has 0 aliphatic carbocycles. The first-order valence-corrected chi connectivity index (χ1v) is 10.1. The van der Waals surface area contributed by atoms with Crippen LogP contribution in [0.15, 0.2) is 35.7 Å². The fourth-order valence-electron chi connectivity index (χ4n) is 2.58. The highest BCUT2D eigenvalue weighted by Crippen LogP contribution is 2.21. The minimum atomic E-state index is -0.221. The Morgan fingerprint density at radius 3 is 3.00 bits per heavy atom. The third kappa shape index (κ3) is 5.14. The van der Waals surface area contributed by atoms with Crippen LogP contribution in [0.2, 0.25) is 0 Å². The maximum absolute atomic E-state index is 12.2. The number of para-hydroxylation sites is 1. The number of thiazole rings is 1. The van der Waals surface area contributed by atoms with Gasteiger partial charge >= 0.3 is 0 Å². The van der Waals surface area contributed by atoms with E-state index in [9.17, 15) is 4.79 Å². The van der Waals surface area contributed by atoms with E-state index in [4.69, 9.17) is 17.0 Å². The van der Waals surface area contributed by atoms with Crippen LogP contribution in [-0.2, 0) is 24.5 Å². The fraction of sp³-hybridized carbons (Fsp3) is 0.263. The summed E-state index contributed by atoms with van der Waals surface area (Å²) in [5.74, 6) is 1.17. The van der Waals surface area contributed by atoms with Crippen LogP contribution in [0, 0.1) is 11.7 Å². The Labute approximate surface area is 172 Å². The average Bonchev–Trinajstić information content (AvgIpc) is 3.28. The molecule has 0 saturated carbocycles. The van der Waals surface area contributed by atoms with E-state index in [1.54, 1.807) is 17.4 Å². The molecule has 2 N–H and O–H groups in total. The van der Waals surface area contributed by atoms with Gasteiger partial charge in [0.15, 0.2) is 10.6 Å². The summed E-state index contributed by atoms with van der Waals surface area (Å²) < 4.78 is 8.24. The number of rotatable bonds is 8. The van der Waals surface area contributed by atoms with E-state index in [2.05, 4.69) is 20.5 Å². The number of nitrogens with one attached hydrogen (secondary N) is 2. The van der Waals surface area contributed by atoms with Crippen molar-refractivity contribution in [2.75, 3.05) is 0 Å². The number of carbonyl (C=O) groups is 1. The predicted molar refractivity (Wildman–Crippen MR) is 112 cm³/mol. The van der Waals surface area contributed by atoms with E-state index in [1.165, 1.54) is 6.08 Å². The number of aromatic amines is 1. The van der Waals surface area contributed by atoms with Gasteiger partial charge in [0, 0.05) is 23.6 Å². The SMILES string of the molecule is CCn1c(CNC(=O)/C=C/c2ccccc2OCc2csc(C)n2)n[nH]c1=S. The van der Waals surface area contributed by atoms with E-state index in [0.29, 0.717) is 36.0 Å². The monoisotopic (exact) mass is 415 g/mol. The third-order valence-corrected chi connectivity index (χ3v) is 5.08. The lowest BCUT2D eigenvalue weighted by Crippen LogP contribution is -2.22. The quantitative estimate of drug-likeness (QED) is 0.433. The Bertz CT molecular complexity index is 1030. The summed E-state index contributed by atoms with van der Waals surface area (Å²) in [7, 11) is 0. The number of H-pyrrole nitrogens is 1. The van der Waals surface area contributed by atoms with Gasteiger partial charge in [-0.2, -0.15) is 5.10 Å². The molecule has 9 heteroatoms. The maximum atomic E-state index is 12.2. The van der Waals surface area contributed by atoms with Crippen molar-refractivity contribution in [3.8, 4) is 5.75 Å². The summed E-state index contributed by atoms with van der Waals surface area (Å²) in [6.45, 7) is 5.32. The van der Waals surface area contributed by atoms with Crippen molar-refractivity contribution in [2.45, 2.75) is 33.5 Å². The van der Waals surface area contributed by atoms with Crippen LogP contribution in [-0.4, -0.2) is 25.7 Å². The minimum Gasteiger partial charge on any atom is -0.487 e. The van der Waals surface area contributed by atoms with Crippen molar-refractivity contribution < 1.29 is 9.53 Å². The Hall–Kier alpha value is -2.78. The fourth-order valence-corrected chi connectivity index (χ4v) is 3.46. The predicted octanol–water partition coefficient (Wildman–Crippen LogP) is 3.63. The van der Waals surface area contributed by atoms with Crippen molar-refractivity contribution in [1.29, 1.82) is 0 Å². The highest BCUT2D eigenvalue weighted by Gasteiger charge is 2.06. The van der Waals surface area contributed by atoms with Crippen molar-refractivity contribution in [3.05, 3.63) is 62.6 Å². The van der Waals surface area contributed by atoms with E-state index in [0.717, 1.165) is 16.3 Å². The number of amides is 1. The Morgan fingerprint density at radius 1 is 1.43 bits per heavy atom. The Kier molecular flexibility index (Phi) is 6.72. The molecule has 28 heavy (non-hydrogen) atoms. The third-order valence-electron chi connectivity index (χ3n) is 3.95. The second kappa shape index (κ2) is 9.43. The van der Waals surface area contributed by atoms with Crippen LogP contribution in [0.25, 0.3) is 6.08 Å². The topological polar surface area (TPSA) is 84.8 Å². The zero-order chi connectivity index (χ0) is 19.9. The van der Waals surface area contributed by atoms with Crippen LogP contribution in [0.5, 0.6) is 5.75 Å². The minimum absolute atomic E-state index is 0.221. The second-order valence-corrected chi connectivity index (χ2v) is 7.37. The number of nitrogens with zero attached hydrogens (tertiary/aromatic N) is 3. The van der Waals surface area contributed by atoms with Gasteiger partial charge in [0.25, 0.3) is 0 Å². The molecule has 0 saturated heterocycles. The van der Waals surface area contributed by atoms with E-state index < -0.39 is 0 Å². The van der Waals surface area contributed by atoms with Gasteiger partial charge in [0.2, 0.25) is 5.91 Å². The molecule has 3 aromatic rings. The summed E-state index contributed by atoms with van der Waals surface area (Å²) in [6, 6.07) is 7.56. The molecule has 0 atom stereocenters. The molecule has 0 fully saturated rings. The number of aryl methyl sites for hydroxylation is 1. The van der Waals surface area contributed by atoms with E-state index in [-0.39, 0.29) is 5.91 Å². The normalized spacial score (nSPS) is 11.1. The second-order valence-electron chi connectivity index (χ2n) is 5.92. The number of hydrogen-bond donors (Lipinski definition) is 2. The zero-order valence-electron chi connectivity index (χ0n) is 15.6. The van der Waals surface area contributed by atoms with E-state index in [1.807, 2.05) is 48.1 Å². The molecule has 0 radical (unpaired) electrons. The Balaban J connectivity index is 1.60. The molecule has 0 aliphatic rings. The van der Waals surface area contributed by atoms with Crippen molar-refractivity contribution in [1.82, 2.24) is 25.1 Å². The molecule has 0 aliphatic heterocycles. The summed E-state index contributed by atoms with van der Waals surface area (Å²) in [4.78, 5) is 16.6. The highest BCUT2D eigenvalue weighted by atomic mass is 32.1. The van der Waals surface area contributed by atoms with E-state index >= 15 is 0 Å². The molecule has 0 bridgehead atoms. The molecule has 7 nitrogen and oxygen atoms in total. The number of hydrogen-bond acceptors (Lipinski definition) is 6. The molecule has 3 rings (SSSR count). The molecule has 2 aromatic heterocycles. The molecule has 0 spiro atoms. The van der Waals surface area contributed by atoms with Crippen LogP contribution in [0.4, 0.5) is 0 Å².